The minimum Gasteiger partial charge on any atom is -0.508 e. The lowest BCUT2D eigenvalue weighted by atomic mass is 9.88. The predicted octanol–water partition coefficient (Wildman–Crippen LogP) is 2.74. The molecule has 1 heterocycles. The molecule has 0 spiro atoms. The quantitative estimate of drug-likeness (QED) is 0.876. The molecular weight excluding hydrogens is 236 g/mol. The number of piperazine rings is 1. The third kappa shape index (κ3) is 3.28. The fourth-order valence-electron chi connectivity index (χ4n) is 2.87. The van der Waals surface area contributed by atoms with E-state index in [1.165, 1.54) is 18.4 Å². The summed E-state index contributed by atoms with van der Waals surface area (Å²) in [5, 5.41) is 13.1. The molecule has 1 aromatic carbocycles. The Hall–Kier alpha value is -1.06. The maximum atomic E-state index is 9.35. The Labute approximate surface area is 116 Å². The number of aromatic hydroxyl groups is 1. The van der Waals surface area contributed by atoms with Gasteiger partial charge in [0.1, 0.15) is 5.75 Å². The first-order valence-electron chi connectivity index (χ1n) is 7.35. The first-order chi connectivity index (χ1) is 9.08. The summed E-state index contributed by atoms with van der Waals surface area (Å²) in [6.07, 6.45) is 2.34. The topological polar surface area (TPSA) is 35.5 Å². The van der Waals surface area contributed by atoms with Gasteiger partial charge in [0.25, 0.3) is 0 Å². The molecule has 3 heteroatoms. The smallest absolute Gasteiger partial charge is 0.115 e. The number of hydrogen-bond donors (Lipinski definition) is 2. The lowest BCUT2D eigenvalue weighted by molar-refractivity contribution is 0.0746. The van der Waals surface area contributed by atoms with Crippen LogP contribution in [0.1, 0.15) is 39.2 Å². The molecule has 106 valence electrons. The third-order valence-electron chi connectivity index (χ3n) is 4.58. The second kappa shape index (κ2) is 5.93. The molecular formula is C16H26N2O. The van der Waals surface area contributed by atoms with Gasteiger partial charge in [-0.2, -0.15) is 0 Å². The number of phenolic OH excluding ortho intramolecular Hbond substituents is 1. The van der Waals surface area contributed by atoms with E-state index in [1.54, 1.807) is 12.1 Å². The highest BCUT2D eigenvalue weighted by Crippen LogP contribution is 2.24. The summed E-state index contributed by atoms with van der Waals surface area (Å²) >= 11 is 0. The van der Waals surface area contributed by atoms with Crippen LogP contribution in [0, 0.1) is 0 Å². The van der Waals surface area contributed by atoms with E-state index < -0.39 is 0 Å². The average molecular weight is 262 g/mol. The summed E-state index contributed by atoms with van der Waals surface area (Å²) in [5.41, 5.74) is 1.54. The molecule has 2 rings (SSSR count). The van der Waals surface area contributed by atoms with E-state index in [0.29, 0.717) is 11.8 Å². The van der Waals surface area contributed by atoms with Crippen molar-refractivity contribution in [1.82, 2.24) is 10.2 Å². The van der Waals surface area contributed by atoms with Crippen molar-refractivity contribution in [1.29, 1.82) is 0 Å². The Kier molecular flexibility index (Phi) is 4.48. The molecule has 0 aromatic heterocycles. The third-order valence-corrected chi connectivity index (χ3v) is 4.58. The molecule has 0 radical (unpaired) electrons. The van der Waals surface area contributed by atoms with Gasteiger partial charge in [-0.05, 0) is 37.5 Å². The van der Waals surface area contributed by atoms with Crippen LogP contribution in [-0.2, 0) is 6.54 Å². The molecule has 1 aliphatic rings. The first kappa shape index (κ1) is 14.4. The minimum absolute atomic E-state index is 0.267. The molecule has 0 aliphatic carbocycles. The Balaban J connectivity index is 2.07. The zero-order valence-electron chi connectivity index (χ0n) is 12.3. The van der Waals surface area contributed by atoms with Crippen molar-refractivity contribution in [2.24, 2.45) is 0 Å². The Bertz CT molecular complexity index is 398. The van der Waals surface area contributed by atoms with Crippen molar-refractivity contribution in [2.75, 3.05) is 13.1 Å². The van der Waals surface area contributed by atoms with E-state index >= 15 is 0 Å². The predicted molar refractivity (Wildman–Crippen MR) is 79.3 cm³/mol. The van der Waals surface area contributed by atoms with Gasteiger partial charge < -0.3 is 10.4 Å². The number of nitrogens with one attached hydrogen (secondary N) is 1. The van der Waals surface area contributed by atoms with Gasteiger partial charge in [-0.15, -0.1) is 0 Å². The van der Waals surface area contributed by atoms with Crippen LogP contribution in [0.5, 0.6) is 5.75 Å². The molecule has 3 nitrogen and oxygen atoms in total. The molecule has 2 N–H and O–H groups in total. The SMILES string of the molecule is CCC1(CC)CN(Cc2ccc(O)cc2)C(C)CN1. The molecule has 1 aromatic rings. The summed E-state index contributed by atoms with van der Waals surface area (Å²) in [7, 11) is 0. The van der Waals surface area contributed by atoms with Gasteiger partial charge >= 0.3 is 0 Å². The molecule has 1 unspecified atom stereocenters. The van der Waals surface area contributed by atoms with Crippen LogP contribution in [0.25, 0.3) is 0 Å². The van der Waals surface area contributed by atoms with Crippen molar-refractivity contribution in [3.8, 4) is 5.75 Å². The standard InChI is InChI=1S/C16H26N2O/c1-4-16(5-2)12-18(13(3)10-17-16)11-14-6-8-15(19)9-7-14/h6-9,13,17,19H,4-5,10-12H2,1-3H3. The highest BCUT2D eigenvalue weighted by Gasteiger charge is 2.34. The number of phenols is 1. The molecule has 19 heavy (non-hydrogen) atoms. The van der Waals surface area contributed by atoms with Crippen LogP contribution < -0.4 is 5.32 Å². The van der Waals surface area contributed by atoms with Crippen molar-refractivity contribution in [2.45, 2.75) is 51.7 Å². The largest absolute Gasteiger partial charge is 0.508 e. The van der Waals surface area contributed by atoms with Gasteiger partial charge in [-0.25, -0.2) is 0 Å². The first-order valence-corrected chi connectivity index (χ1v) is 7.35. The fourth-order valence-corrected chi connectivity index (χ4v) is 2.87. The van der Waals surface area contributed by atoms with Crippen LogP contribution in [0.3, 0.4) is 0 Å². The zero-order valence-corrected chi connectivity index (χ0v) is 12.3. The summed E-state index contributed by atoms with van der Waals surface area (Å²) in [5.74, 6) is 0.341. The molecule has 1 saturated heterocycles. The van der Waals surface area contributed by atoms with Crippen LogP contribution >= 0.6 is 0 Å². The fraction of sp³-hybridized carbons (Fsp3) is 0.625. The lowest BCUT2D eigenvalue weighted by Crippen LogP contribution is -2.62. The average Bonchev–Trinajstić information content (AvgIpc) is 2.44. The van der Waals surface area contributed by atoms with E-state index in [1.807, 2.05) is 12.1 Å². The molecule has 0 bridgehead atoms. The van der Waals surface area contributed by atoms with Crippen LogP contribution in [0.15, 0.2) is 24.3 Å². The van der Waals surface area contributed by atoms with Crippen LogP contribution in [-0.4, -0.2) is 34.7 Å². The molecule has 0 saturated carbocycles. The van der Waals surface area contributed by atoms with Crippen molar-refractivity contribution in [3.63, 3.8) is 0 Å². The lowest BCUT2D eigenvalue weighted by Gasteiger charge is -2.46. The van der Waals surface area contributed by atoms with Crippen LogP contribution in [0.4, 0.5) is 0 Å². The number of hydrogen-bond acceptors (Lipinski definition) is 3. The molecule has 0 amide bonds. The highest BCUT2D eigenvalue weighted by molar-refractivity contribution is 5.26. The highest BCUT2D eigenvalue weighted by atomic mass is 16.3. The Morgan fingerprint density at radius 3 is 2.47 bits per heavy atom. The summed E-state index contributed by atoms with van der Waals surface area (Å²) in [6, 6.07) is 8.14. The summed E-state index contributed by atoms with van der Waals surface area (Å²) in [4.78, 5) is 2.55. The van der Waals surface area contributed by atoms with E-state index in [0.717, 1.165) is 19.6 Å². The van der Waals surface area contributed by atoms with E-state index in [-0.39, 0.29) is 5.54 Å². The summed E-state index contributed by atoms with van der Waals surface area (Å²) < 4.78 is 0. The second-order valence-corrected chi connectivity index (χ2v) is 5.79. The molecule has 1 aliphatic heterocycles. The summed E-state index contributed by atoms with van der Waals surface area (Å²) in [6.45, 7) is 9.94. The van der Waals surface area contributed by atoms with E-state index in [4.69, 9.17) is 0 Å². The van der Waals surface area contributed by atoms with E-state index in [2.05, 4.69) is 31.0 Å². The van der Waals surface area contributed by atoms with Crippen molar-refractivity contribution in [3.05, 3.63) is 29.8 Å². The number of nitrogens with zero attached hydrogens (tertiary/aromatic N) is 1. The minimum atomic E-state index is 0.267. The zero-order chi connectivity index (χ0) is 13.9. The number of rotatable bonds is 4. The maximum Gasteiger partial charge on any atom is 0.115 e. The Morgan fingerprint density at radius 2 is 1.89 bits per heavy atom. The van der Waals surface area contributed by atoms with Gasteiger partial charge in [0.2, 0.25) is 0 Å². The van der Waals surface area contributed by atoms with Gasteiger partial charge in [-0.3, -0.25) is 4.90 Å². The van der Waals surface area contributed by atoms with Crippen LogP contribution in [0.2, 0.25) is 0 Å². The van der Waals surface area contributed by atoms with Crippen molar-refractivity contribution >= 4 is 0 Å². The Morgan fingerprint density at radius 1 is 1.26 bits per heavy atom. The number of benzene rings is 1. The molecule has 1 fully saturated rings. The van der Waals surface area contributed by atoms with E-state index in [9.17, 15) is 5.11 Å². The van der Waals surface area contributed by atoms with Gasteiger partial charge in [0.05, 0.1) is 0 Å². The maximum absolute atomic E-state index is 9.35. The second-order valence-electron chi connectivity index (χ2n) is 5.79. The monoisotopic (exact) mass is 262 g/mol. The van der Waals surface area contributed by atoms with Gasteiger partial charge in [-0.1, -0.05) is 26.0 Å². The normalized spacial score (nSPS) is 23.4. The van der Waals surface area contributed by atoms with Gasteiger partial charge in [0.15, 0.2) is 0 Å². The van der Waals surface area contributed by atoms with Gasteiger partial charge in [0, 0.05) is 31.2 Å². The van der Waals surface area contributed by atoms with Crippen molar-refractivity contribution < 1.29 is 5.11 Å². The molecule has 1 atom stereocenters.